The molecule has 0 spiro atoms. The first-order valence-corrected chi connectivity index (χ1v) is 12.0. The van der Waals surface area contributed by atoms with E-state index in [1.165, 1.54) is 4.57 Å². The number of aryl methyl sites for hydroxylation is 2. The third-order valence-electron chi connectivity index (χ3n) is 6.69. The molecule has 1 unspecified atom stereocenters. The van der Waals surface area contributed by atoms with Crippen molar-refractivity contribution in [2.75, 3.05) is 25.0 Å². The Hall–Kier alpha value is -3.97. The lowest BCUT2D eigenvalue weighted by Crippen LogP contribution is -2.45. The number of imidazole rings is 1. The molecule has 10 heteroatoms. The highest BCUT2D eigenvalue weighted by Gasteiger charge is 2.27. The molecule has 4 heterocycles. The summed E-state index contributed by atoms with van der Waals surface area (Å²) in [6.07, 6.45) is 1.51. The van der Waals surface area contributed by atoms with Gasteiger partial charge < -0.3 is 10.2 Å². The fourth-order valence-electron chi connectivity index (χ4n) is 4.80. The van der Waals surface area contributed by atoms with E-state index in [0.717, 1.165) is 27.6 Å². The summed E-state index contributed by atoms with van der Waals surface area (Å²) in [5.41, 5.74) is 1.17. The molecule has 0 bridgehead atoms. The van der Waals surface area contributed by atoms with Crippen LogP contribution in [0.15, 0.2) is 33.9 Å². The molecular weight excluding hydrogens is 456 g/mol. The third kappa shape index (κ3) is 4.05. The maximum atomic E-state index is 13.8. The number of likely N-dealkylation sites (N-methyl/N-ethyl adjacent to an activating group) is 1. The first kappa shape index (κ1) is 22.5. The molecular formula is C26H30N8O2. The summed E-state index contributed by atoms with van der Waals surface area (Å²) < 4.78 is 13.0. The Labute approximate surface area is 210 Å². The van der Waals surface area contributed by atoms with Crippen LogP contribution in [0.1, 0.15) is 32.7 Å². The Kier molecular flexibility index (Phi) is 5.99. The minimum atomic E-state index is -0.824. The van der Waals surface area contributed by atoms with E-state index >= 15 is 0 Å². The number of anilines is 1. The van der Waals surface area contributed by atoms with Gasteiger partial charge in [0.2, 0.25) is 5.95 Å². The fraction of sp³-hybridized carbons (Fsp3) is 0.423. The quantitative estimate of drug-likeness (QED) is 0.425. The lowest BCUT2D eigenvalue weighted by molar-refractivity contribution is 0.443. The monoisotopic (exact) mass is 487 g/mol. The summed E-state index contributed by atoms with van der Waals surface area (Å²) in [7, 11) is 3.39. The van der Waals surface area contributed by atoms with Crippen molar-refractivity contribution in [1.82, 2.24) is 34.0 Å². The Morgan fingerprint density at radius 1 is 1.19 bits per heavy atom. The van der Waals surface area contributed by atoms with Crippen LogP contribution in [0.3, 0.4) is 0 Å². The van der Waals surface area contributed by atoms with Crippen LogP contribution >= 0.6 is 0 Å². The number of piperidine rings is 1. The molecule has 10 nitrogen and oxygen atoms in total. The van der Waals surface area contributed by atoms with Crippen molar-refractivity contribution in [2.45, 2.75) is 45.8 Å². The first-order chi connectivity index (χ1) is 17.8. The molecule has 1 aliphatic rings. The van der Waals surface area contributed by atoms with E-state index in [2.05, 4.69) is 27.1 Å². The number of hydrogen-bond acceptors (Lipinski definition) is 7. The van der Waals surface area contributed by atoms with Crippen LogP contribution in [-0.4, -0.2) is 54.8 Å². The van der Waals surface area contributed by atoms with Crippen LogP contribution in [0, 0.1) is 18.8 Å². The Bertz CT molecular complexity index is 1690. The molecule has 0 saturated carbocycles. The molecule has 1 saturated heterocycles. The molecule has 5 rings (SSSR count). The number of benzene rings is 1. The molecule has 1 N–H and O–H groups in total. The summed E-state index contributed by atoms with van der Waals surface area (Å²) in [6, 6.07) is 6.83. The lowest BCUT2D eigenvalue weighted by Gasteiger charge is -2.33. The summed E-state index contributed by atoms with van der Waals surface area (Å²) >= 11 is 0. The van der Waals surface area contributed by atoms with Crippen molar-refractivity contribution in [2.24, 2.45) is 7.05 Å². The molecule has 1 aliphatic heterocycles. The number of hydrogen-bond donors (Lipinski definition) is 1. The highest BCUT2D eigenvalue weighted by molar-refractivity contribution is 5.80. The molecule has 3 aromatic heterocycles. The molecule has 1 fully saturated rings. The first-order valence-electron chi connectivity index (χ1n) is 12.5. The summed E-state index contributed by atoms with van der Waals surface area (Å²) in [5.74, 6) is 6.85. The molecule has 1 atom stereocenters. The highest BCUT2D eigenvalue weighted by atomic mass is 16.2. The Morgan fingerprint density at radius 2 is 2.00 bits per heavy atom. The lowest BCUT2D eigenvalue weighted by atomic mass is 10.1. The maximum Gasteiger partial charge on any atom is 0.332 e. The van der Waals surface area contributed by atoms with Gasteiger partial charge in [0, 0.05) is 38.6 Å². The van der Waals surface area contributed by atoms with Gasteiger partial charge in [-0.05, 0) is 39.8 Å². The van der Waals surface area contributed by atoms with Crippen LogP contribution in [0.5, 0.6) is 0 Å². The zero-order chi connectivity index (χ0) is 26.3. The Balaban J connectivity index is 1.68. The van der Waals surface area contributed by atoms with Gasteiger partial charge in [0.15, 0.2) is 11.2 Å². The predicted molar refractivity (Wildman–Crippen MR) is 140 cm³/mol. The van der Waals surface area contributed by atoms with Crippen molar-refractivity contribution in [3.05, 3.63) is 56.6 Å². The molecule has 0 amide bonds. The second-order valence-corrected chi connectivity index (χ2v) is 8.95. The summed E-state index contributed by atoms with van der Waals surface area (Å²) in [5, 5.41) is 4.01. The van der Waals surface area contributed by atoms with E-state index in [0.29, 0.717) is 42.4 Å². The van der Waals surface area contributed by atoms with Gasteiger partial charge in [-0.15, -0.1) is 5.92 Å². The second-order valence-electron chi connectivity index (χ2n) is 8.95. The molecule has 36 heavy (non-hydrogen) atoms. The normalized spacial score (nSPS) is 18.3. The maximum absolute atomic E-state index is 13.8. The molecule has 1 aromatic carbocycles. The molecule has 4 aromatic rings. The van der Waals surface area contributed by atoms with Crippen LogP contribution in [0.25, 0.3) is 22.1 Å². The van der Waals surface area contributed by atoms with Gasteiger partial charge in [0.05, 0.1) is 18.6 Å². The van der Waals surface area contributed by atoms with Gasteiger partial charge in [-0.1, -0.05) is 24.1 Å². The van der Waals surface area contributed by atoms with Crippen LogP contribution in [-0.2, 0) is 20.1 Å². The highest BCUT2D eigenvalue weighted by Crippen LogP contribution is 2.23. The third-order valence-corrected chi connectivity index (χ3v) is 6.69. The smallest absolute Gasteiger partial charge is 0.332 e. The second kappa shape index (κ2) is 9.59. The van der Waals surface area contributed by atoms with Gasteiger partial charge in [-0.2, -0.15) is 4.98 Å². The molecule has 0 radical (unpaired) electrons. The number of aromatic nitrogens is 6. The van der Waals surface area contributed by atoms with Gasteiger partial charge >= 0.3 is 5.69 Å². The SMILES string of the molecule is [2H]C1(NC)CCCN(c2nc3c(c(=O)n(Cc4nc(C)c5ccccc5n4)c(=O)n3C)n2CC#CC)C1. The zero-order valence-electron chi connectivity index (χ0n) is 22.0. The fourth-order valence-corrected chi connectivity index (χ4v) is 4.80. The number of rotatable bonds is 5. The average molecular weight is 488 g/mol. The summed E-state index contributed by atoms with van der Waals surface area (Å²) in [6.45, 7) is 4.90. The van der Waals surface area contributed by atoms with Crippen LogP contribution in [0.2, 0.25) is 0 Å². The largest absolute Gasteiger partial charge is 0.341 e. The van der Waals surface area contributed by atoms with Gasteiger partial charge in [0.25, 0.3) is 5.56 Å². The predicted octanol–water partition coefficient (Wildman–Crippen LogP) is 1.41. The van der Waals surface area contributed by atoms with Crippen molar-refractivity contribution in [3.8, 4) is 11.8 Å². The van der Waals surface area contributed by atoms with Crippen molar-refractivity contribution in [1.29, 1.82) is 0 Å². The van der Waals surface area contributed by atoms with Gasteiger partial charge in [-0.25, -0.2) is 14.8 Å². The van der Waals surface area contributed by atoms with E-state index in [4.69, 9.17) is 6.35 Å². The zero-order valence-corrected chi connectivity index (χ0v) is 21.0. The van der Waals surface area contributed by atoms with E-state index in [1.807, 2.05) is 36.1 Å². The van der Waals surface area contributed by atoms with E-state index < -0.39 is 17.3 Å². The molecule has 186 valence electrons. The van der Waals surface area contributed by atoms with E-state index in [1.54, 1.807) is 25.6 Å². The van der Waals surface area contributed by atoms with Gasteiger partial charge in [0.1, 0.15) is 5.82 Å². The number of nitrogens with zero attached hydrogens (tertiary/aromatic N) is 7. The minimum absolute atomic E-state index is 0.0631. The van der Waals surface area contributed by atoms with Gasteiger partial charge in [-0.3, -0.25) is 18.5 Å². The average Bonchev–Trinajstić information content (AvgIpc) is 3.28. The van der Waals surface area contributed by atoms with E-state index in [-0.39, 0.29) is 13.1 Å². The minimum Gasteiger partial charge on any atom is -0.341 e. The number of fused-ring (bicyclic) bond motifs is 2. The van der Waals surface area contributed by atoms with Crippen LogP contribution in [0.4, 0.5) is 5.95 Å². The number of nitrogens with one attached hydrogen (secondary N) is 1. The van der Waals surface area contributed by atoms with Crippen molar-refractivity contribution in [3.63, 3.8) is 0 Å². The standard InChI is InChI=1S/C26H30N8O2/c1-5-6-14-33-22-23(30-25(33)32-13-9-10-18(15-32)27-3)31(4)26(36)34(24(22)35)16-21-28-17(2)19-11-7-8-12-20(19)29-21/h7-8,11-12,18,27H,9-10,13-16H2,1-4H3/i18D. The molecule has 0 aliphatic carbocycles. The van der Waals surface area contributed by atoms with Crippen LogP contribution < -0.4 is 21.5 Å². The van der Waals surface area contributed by atoms with E-state index in [9.17, 15) is 9.59 Å². The summed E-state index contributed by atoms with van der Waals surface area (Å²) in [4.78, 5) is 43.1. The topological polar surface area (TPSA) is 103 Å². The van der Waals surface area contributed by atoms with Crippen molar-refractivity contribution >= 4 is 28.0 Å². The Morgan fingerprint density at radius 3 is 2.78 bits per heavy atom. The number of para-hydroxylation sites is 1. The van der Waals surface area contributed by atoms with Crippen molar-refractivity contribution < 1.29 is 1.37 Å².